The van der Waals surface area contributed by atoms with Crippen molar-refractivity contribution in [2.24, 2.45) is 0 Å². The monoisotopic (exact) mass is 422 g/mol. The molecule has 1 fully saturated rings. The van der Waals surface area contributed by atoms with Gasteiger partial charge in [0.25, 0.3) is 11.5 Å². The van der Waals surface area contributed by atoms with Gasteiger partial charge in [-0.2, -0.15) is 0 Å². The van der Waals surface area contributed by atoms with Crippen LogP contribution in [0.15, 0.2) is 60.2 Å². The Morgan fingerprint density at radius 3 is 2.33 bits per heavy atom. The summed E-state index contributed by atoms with van der Waals surface area (Å²) in [5.41, 5.74) is 0.541. The molecule has 3 aromatic rings. The van der Waals surface area contributed by atoms with Gasteiger partial charge in [0.15, 0.2) is 0 Å². The Morgan fingerprint density at radius 2 is 1.77 bits per heavy atom. The lowest BCUT2D eigenvalue weighted by molar-refractivity contribution is -0.384. The number of carbonyl (C=O) groups is 2. The van der Waals surface area contributed by atoms with Gasteiger partial charge in [0.2, 0.25) is 5.13 Å². The van der Waals surface area contributed by atoms with Crippen molar-refractivity contribution in [3.05, 3.63) is 86.4 Å². The first-order chi connectivity index (χ1) is 14.4. The van der Waals surface area contributed by atoms with Crippen LogP contribution in [0.25, 0.3) is 5.76 Å². The second kappa shape index (κ2) is 7.48. The predicted octanol–water partition coefficient (Wildman–Crippen LogP) is 3.38. The highest BCUT2D eigenvalue weighted by Gasteiger charge is 2.48. The molecule has 10 heteroatoms. The number of anilines is 1. The number of nitrogens with zero attached hydrogens (tertiary/aromatic N) is 4. The second-order valence-electron chi connectivity index (χ2n) is 6.49. The van der Waals surface area contributed by atoms with E-state index in [-0.39, 0.29) is 22.2 Å². The molecule has 1 atom stereocenters. The summed E-state index contributed by atoms with van der Waals surface area (Å²) in [4.78, 5) is 37.4. The predicted molar refractivity (Wildman–Crippen MR) is 109 cm³/mol. The number of aryl methyl sites for hydroxylation is 1. The molecule has 0 aliphatic carbocycles. The number of hydrogen-bond acceptors (Lipinski definition) is 8. The van der Waals surface area contributed by atoms with E-state index in [4.69, 9.17) is 0 Å². The molecule has 30 heavy (non-hydrogen) atoms. The highest BCUT2D eigenvalue weighted by Crippen LogP contribution is 2.43. The summed E-state index contributed by atoms with van der Waals surface area (Å²) in [7, 11) is 0. The normalized spacial score (nSPS) is 18.0. The van der Waals surface area contributed by atoms with Gasteiger partial charge in [0.05, 0.1) is 16.5 Å². The molecule has 0 spiro atoms. The van der Waals surface area contributed by atoms with Crippen LogP contribution in [0.3, 0.4) is 0 Å². The van der Waals surface area contributed by atoms with E-state index in [2.05, 4.69) is 10.2 Å². The molecular weight excluding hydrogens is 408 g/mol. The molecular formula is C20H14N4O5S. The van der Waals surface area contributed by atoms with E-state index in [9.17, 15) is 24.8 Å². The van der Waals surface area contributed by atoms with Gasteiger partial charge in [-0.05, 0) is 24.6 Å². The number of Topliss-reactive ketones (excluding diaryl/α,β-unsaturated/α-hetero) is 1. The summed E-state index contributed by atoms with van der Waals surface area (Å²) < 4.78 is 0. The first kappa shape index (κ1) is 19.4. The molecule has 2 aromatic carbocycles. The van der Waals surface area contributed by atoms with Crippen molar-refractivity contribution in [2.75, 3.05) is 4.90 Å². The number of aliphatic hydroxyl groups is 1. The Kier molecular flexibility index (Phi) is 4.84. The summed E-state index contributed by atoms with van der Waals surface area (Å²) in [5.74, 6) is -2.06. The van der Waals surface area contributed by atoms with Crippen molar-refractivity contribution in [1.29, 1.82) is 0 Å². The van der Waals surface area contributed by atoms with Crippen molar-refractivity contribution in [1.82, 2.24) is 10.2 Å². The number of hydrogen-bond donors (Lipinski definition) is 1. The molecule has 2 heterocycles. The first-order valence-corrected chi connectivity index (χ1v) is 9.61. The van der Waals surface area contributed by atoms with E-state index in [0.717, 1.165) is 11.3 Å². The van der Waals surface area contributed by atoms with E-state index in [1.54, 1.807) is 37.3 Å². The van der Waals surface area contributed by atoms with Crippen LogP contribution in [-0.4, -0.2) is 31.9 Å². The van der Waals surface area contributed by atoms with Crippen molar-refractivity contribution < 1.29 is 19.6 Å². The zero-order chi connectivity index (χ0) is 21.4. The number of benzene rings is 2. The minimum absolute atomic E-state index is 0.118. The van der Waals surface area contributed by atoms with Crippen LogP contribution in [-0.2, 0) is 9.59 Å². The number of aliphatic hydroxyl groups excluding tert-OH is 1. The molecule has 1 aliphatic rings. The Labute approximate surface area is 174 Å². The molecule has 9 nitrogen and oxygen atoms in total. The number of non-ortho nitro benzene ring substituents is 1. The minimum atomic E-state index is -1.00. The van der Waals surface area contributed by atoms with Gasteiger partial charge in [-0.3, -0.25) is 24.6 Å². The molecule has 1 saturated heterocycles. The Morgan fingerprint density at radius 1 is 1.10 bits per heavy atom. The molecule has 150 valence electrons. The van der Waals surface area contributed by atoms with Gasteiger partial charge in [-0.15, -0.1) is 10.2 Å². The van der Waals surface area contributed by atoms with Crippen LogP contribution >= 0.6 is 11.3 Å². The number of amides is 1. The van der Waals surface area contributed by atoms with Crippen LogP contribution in [0, 0.1) is 17.0 Å². The van der Waals surface area contributed by atoms with E-state index in [1.165, 1.54) is 29.2 Å². The third-order valence-electron chi connectivity index (χ3n) is 4.63. The summed E-state index contributed by atoms with van der Waals surface area (Å²) in [5, 5.41) is 30.6. The summed E-state index contributed by atoms with van der Waals surface area (Å²) >= 11 is 1.13. The number of nitro benzene ring substituents is 1. The van der Waals surface area contributed by atoms with Gasteiger partial charge in [0, 0.05) is 17.7 Å². The van der Waals surface area contributed by atoms with Gasteiger partial charge in [-0.1, -0.05) is 41.7 Å². The highest BCUT2D eigenvalue weighted by molar-refractivity contribution is 7.15. The lowest BCUT2D eigenvalue weighted by Gasteiger charge is -2.22. The third kappa shape index (κ3) is 3.22. The van der Waals surface area contributed by atoms with Crippen LogP contribution in [0.2, 0.25) is 0 Å². The molecule has 1 aromatic heterocycles. The Bertz CT molecular complexity index is 1190. The maximum absolute atomic E-state index is 12.9. The largest absolute Gasteiger partial charge is 0.507 e. The lowest BCUT2D eigenvalue weighted by Crippen LogP contribution is -2.29. The van der Waals surface area contributed by atoms with E-state index in [1.807, 2.05) is 0 Å². The minimum Gasteiger partial charge on any atom is -0.507 e. The second-order valence-corrected chi connectivity index (χ2v) is 7.65. The fourth-order valence-electron chi connectivity index (χ4n) is 3.26. The topological polar surface area (TPSA) is 127 Å². The van der Waals surface area contributed by atoms with Crippen LogP contribution in [0.1, 0.15) is 22.2 Å². The van der Waals surface area contributed by atoms with Gasteiger partial charge < -0.3 is 5.11 Å². The third-order valence-corrected chi connectivity index (χ3v) is 5.47. The van der Waals surface area contributed by atoms with E-state index >= 15 is 0 Å². The fraction of sp³-hybridized carbons (Fsp3) is 0.100. The highest BCUT2D eigenvalue weighted by atomic mass is 32.1. The molecule has 0 bridgehead atoms. The van der Waals surface area contributed by atoms with E-state index < -0.39 is 22.7 Å². The number of ketones is 1. The smallest absolute Gasteiger partial charge is 0.301 e. The fourth-order valence-corrected chi connectivity index (χ4v) is 3.97. The quantitative estimate of drug-likeness (QED) is 0.224. The molecule has 1 amide bonds. The summed E-state index contributed by atoms with van der Waals surface area (Å²) in [6.45, 7) is 1.71. The SMILES string of the molecule is Cc1nnc(N2C(=O)C(=O)C(=C(O)c3ccccc3)[C@@H]2c2ccc([N+](=O)[O-])cc2)s1. The van der Waals surface area contributed by atoms with E-state index in [0.29, 0.717) is 16.1 Å². The Balaban J connectivity index is 1.93. The van der Waals surface area contributed by atoms with Crippen molar-refractivity contribution >= 4 is 39.6 Å². The molecule has 4 rings (SSSR count). The number of carbonyl (C=O) groups excluding carboxylic acids is 2. The first-order valence-electron chi connectivity index (χ1n) is 8.79. The molecule has 0 radical (unpaired) electrons. The summed E-state index contributed by atoms with van der Waals surface area (Å²) in [6.07, 6.45) is 0. The zero-order valence-corrected chi connectivity index (χ0v) is 16.4. The zero-order valence-electron chi connectivity index (χ0n) is 15.6. The molecule has 0 saturated carbocycles. The van der Waals surface area contributed by atoms with Gasteiger partial charge in [-0.25, -0.2) is 0 Å². The lowest BCUT2D eigenvalue weighted by atomic mass is 9.95. The van der Waals surface area contributed by atoms with Crippen molar-refractivity contribution in [3.8, 4) is 0 Å². The number of nitro groups is 1. The number of rotatable bonds is 4. The van der Waals surface area contributed by atoms with Crippen LogP contribution in [0.4, 0.5) is 10.8 Å². The average Bonchev–Trinajstić information content (AvgIpc) is 3.29. The van der Waals surface area contributed by atoms with Crippen molar-refractivity contribution in [2.45, 2.75) is 13.0 Å². The average molecular weight is 422 g/mol. The maximum Gasteiger partial charge on any atom is 0.301 e. The standard InChI is InChI=1S/C20H14N4O5S/c1-11-21-22-20(30-11)23-16(12-7-9-14(10-8-12)24(28)29)15(18(26)19(23)27)17(25)13-5-3-2-4-6-13/h2-10,16,25H,1H3/t16-/m0/s1. The van der Waals surface area contributed by atoms with Crippen molar-refractivity contribution in [3.63, 3.8) is 0 Å². The van der Waals surface area contributed by atoms with Crippen LogP contribution in [0.5, 0.6) is 0 Å². The Hall–Kier alpha value is -3.92. The van der Waals surface area contributed by atoms with Gasteiger partial charge >= 0.3 is 5.91 Å². The van der Waals surface area contributed by atoms with Crippen LogP contribution < -0.4 is 4.90 Å². The number of aromatic nitrogens is 2. The molecule has 1 N–H and O–H groups in total. The summed E-state index contributed by atoms with van der Waals surface area (Å²) in [6, 6.07) is 12.8. The maximum atomic E-state index is 12.9. The molecule has 1 aliphatic heterocycles. The van der Waals surface area contributed by atoms with Gasteiger partial charge in [0.1, 0.15) is 10.8 Å². The molecule has 0 unspecified atom stereocenters.